The van der Waals surface area contributed by atoms with Gasteiger partial charge in [-0.3, -0.25) is 19.4 Å². The molecule has 1 heterocycles. The maximum atomic E-state index is 11.9. The van der Waals surface area contributed by atoms with Crippen molar-refractivity contribution in [2.75, 3.05) is 35.0 Å². The van der Waals surface area contributed by atoms with Gasteiger partial charge in [-0.25, -0.2) is 9.69 Å². The molecule has 4 amide bonds. The van der Waals surface area contributed by atoms with Gasteiger partial charge < -0.3 is 9.47 Å². The zero-order chi connectivity index (χ0) is 18.0. The van der Waals surface area contributed by atoms with Gasteiger partial charge in [0.05, 0.1) is 20.9 Å². The first-order valence-corrected chi connectivity index (χ1v) is 7.33. The lowest BCUT2D eigenvalue weighted by atomic mass is 10.1. The number of methoxy groups -OCH3 is 2. The molecule has 0 unspecified atom stereocenters. The van der Waals surface area contributed by atoms with Crippen molar-refractivity contribution in [1.29, 1.82) is 0 Å². The van der Waals surface area contributed by atoms with Crippen molar-refractivity contribution in [2.24, 2.45) is 0 Å². The standard InChI is InChI=1S/C16H21N3O5/c1-10-6-12(23-4)13(24-5)7-11(10)8-17(2)9-19-15(21)14(20)18(3)16(19)22/h6-7H,8-9H2,1-5H3. The first kappa shape index (κ1) is 17.7. The van der Waals surface area contributed by atoms with E-state index in [0.29, 0.717) is 18.0 Å². The molecule has 130 valence electrons. The lowest BCUT2D eigenvalue weighted by molar-refractivity contribution is -0.143. The third-order valence-electron chi connectivity index (χ3n) is 3.92. The lowest BCUT2D eigenvalue weighted by Crippen LogP contribution is -2.40. The van der Waals surface area contributed by atoms with E-state index < -0.39 is 17.8 Å². The molecule has 0 aromatic heterocycles. The van der Waals surface area contributed by atoms with Gasteiger partial charge in [0.15, 0.2) is 11.5 Å². The van der Waals surface area contributed by atoms with Crippen LogP contribution in [-0.4, -0.2) is 67.5 Å². The summed E-state index contributed by atoms with van der Waals surface area (Å²) < 4.78 is 10.6. The topological polar surface area (TPSA) is 79.4 Å². The third-order valence-corrected chi connectivity index (χ3v) is 3.92. The molecule has 1 aliphatic heterocycles. The molecule has 1 aromatic rings. The number of nitrogens with zero attached hydrogens (tertiary/aromatic N) is 3. The molecule has 0 atom stereocenters. The van der Waals surface area contributed by atoms with Gasteiger partial charge >= 0.3 is 17.8 Å². The van der Waals surface area contributed by atoms with Crippen molar-refractivity contribution < 1.29 is 23.9 Å². The van der Waals surface area contributed by atoms with Gasteiger partial charge in [-0.1, -0.05) is 0 Å². The average Bonchev–Trinajstić information content (AvgIpc) is 2.74. The normalized spacial score (nSPS) is 14.8. The van der Waals surface area contributed by atoms with Crippen LogP contribution in [0.25, 0.3) is 0 Å². The first-order valence-electron chi connectivity index (χ1n) is 7.33. The quantitative estimate of drug-likeness (QED) is 0.566. The molecule has 1 fully saturated rings. The molecule has 0 saturated carbocycles. The van der Waals surface area contributed by atoms with Crippen LogP contribution in [0.4, 0.5) is 4.79 Å². The Morgan fingerprint density at radius 2 is 1.62 bits per heavy atom. The molecule has 8 heteroatoms. The number of imide groups is 2. The van der Waals surface area contributed by atoms with Crippen LogP contribution in [0, 0.1) is 6.92 Å². The monoisotopic (exact) mass is 335 g/mol. The molecular formula is C16H21N3O5. The number of likely N-dealkylation sites (N-methyl/N-ethyl adjacent to an activating group) is 1. The number of carbonyl (C=O) groups is 3. The van der Waals surface area contributed by atoms with Gasteiger partial charge in [0, 0.05) is 13.6 Å². The summed E-state index contributed by atoms with van der Waals surface area (Å²) in [6.45, 7) is 2.44. The van der Waals surface area contributed by atoms with E-state index in [1.165, 1.54) is 7.05 Å². The molecule has 2 rings (SSSR count). The fourth-order valence-corrected chi connectivity index (χ4v) is 2.51. The Morgan fingerprint density at radius 1 is 1.04 bits per heavy atom. The molecule has 24 heavy (non-hydrogen) atoms. The summed E-state index contributed by atoms with van der Waals surface area (Å²) in [7, 11) is 6.19. The zero-order valence-electron chi connectivity index (χ0n) is 14.5. The minimum Gasteiger partial charge on any atom is -0.493 e. The Balaban J connectivity index is 2.13. The number of ether oxygens (including phenoxy) is 2. The second-order valence-electron chi connectivity index (χ2n) is 5.67. The van der Waals surface area contributed by atoms with Crippen LogP contribution in [0.5, 0.6) is 11.5 Å². The highest BCUT2D eigenvalue weighted by molar-refractivity contribution is 6.44. The van der Waals surface area contributed by atoms with Crippen molar-refractivity contribution in [3.63, 3.8) is 0 Å². The van der Waals surface area contributed by atoms with Crippen LogP contribution in [0.15, 0.2) is 12.1 Å². The van der Waals surface area contributed by atoms with Crippen molar-refractivity contribution in [1.82, 2.24) is 14.7 Å². The molecule has 0 N–H and O–H groups in total. The minimum atomic E-state index is -0.810. The Morgan fingerprint density at radius 3 is 2.12 bits per heavy atom. The van der Waals surface area contributed by atoms with Gasteiger partial charge in [0.1, 0.15) is 0 Å². The molecular weight excluding hydrogens is 314 g/mol. The summed E-state index contributed by atoms with van der Waals surface area (Å²) in [6, 6.07) is 3.11. The van der Waals surface area contributed by atoms with Gasteiger partial charge in [-0.05, 0) is 37.2 Å². The molecule has 1 aliphatic rings. The van der Waals surface area contributed by atoms with Crippen molar-refractivity contribution in [3.8, 4) is 11.5 Å². The second kappa shape index (κ2) is 6.88. The predicted molar refractivity (Wildman–Crippen MR) is 85.6 cm³/mol. The van der Waals surface area contributed by atoms with E-state index >= 15 is 0 Å². The zero-order valence-corrected chi connectivity index (χ0v) is 14.5. The number of hydrogen-bond acceptors (Lipinski definition) is 6. The fourth-order valence-electron chi connectivity index (χ4n) is 2.51. The number of benzene rings is 1. The Hall–Kier alpha value is -2.61. The first-order chi connectivity index (χ1) is 11.3. The minimum absolute atomic E-state index is 0.0293. The van der Waals surface area contributed by atoms with E-state index in [9.17, 15) is 14.4 Å². The van der Waals surface area contributed by atoms with Crippen LogP contribution in [-0.2, 0) is 16.1 Å². The van der Waals surface area contributed by atoms with Crippen molar-refractivity contribution >= 4 is 17.8 Å². The Kier molecular flexibility index (Phi) is 5.08. The van der Waals surface area contributed by atoms with Gasteiger partial charge in [0.2, 0.25) is 0 Å². The van der Waals surface area contributed by atoms with Crippen LogP contribution in [0.3, 0.4) is 0 Å². The smallest absolute Gasteiger partial charge is 0.335 e. The van der Waals surface area contributed by atoms with E-state index in [1.807, 2.05) is 19.1 Å². The van der Waals surface area contributed by atoms with Crippen LogP contribution < -0.4 is 9.47 Å². The van der Waals surface area contributed by atoms with E-state index in [1.54, 1.807) is 26.2 Å². The average molecular weight is 335 g/mol. The maximum Gasteiger partial charge on any atom is 0.335 e. The predicted octanol–water partition coefficient (Wildman–Crippen LogP) is 0.822. The highest BCUT2D eigenvalue weighted by Gasteiger charge is 2.42. The number of aryl methyl sites for hydroxylation is 1. The summed E-state index contributed by atoms with van der Waals surface area (Å²) in [4.78, 5) is 38.8. The SMILES string of the molecule is COc1cc(C)c(CN(C)CN2C(=O)C(=O)N(C)C2=O)cc1OC. The van der Waals surface area contributed by atoms with Crippen molar-refractivity contribution in [2.45, 2.75) is 13.5 Å². The highest BCUT2D eigenvalue weighted by Crippen LogP contribution is 2.30. The van der Waals surface area contributed by atoms with Gasteiger partial charge in [-0.2, -0.15) is 0 Å². The largest absolute Gasteiger partial charge is 0.493 e. The number of amides is 4. The van der Waals surface area contributed by atoms with Gasteiger partial charge in [0.25, 0.3) is 0 Å². The third kappa shape index (κ3) is 3.18. The molecule has 1 saturated heterocycles. The summed E-state index contributed by atoms with van der Waals surface area (Å²) in [5, 5.41) is 0. The molecule has 0 radical (unpaired) electrons. The van der Waals surface area contributed by atoms with Crippen LogP contribution in [0.2, 0.25) is 0 Å². The van der Waals surface area contributed by atoms with E-state index in [-0.39, 0.29) is 6.67 Å². The summed E-state index contributed by atoms with van der Waals surface area (Å²) in [5.74, 6) is -0.373. The number of urea groups is 1. The van der Waals surface area contributed by atoms with E-state index in [2.05, 4.69) is 0 Å². The molecule has 0 spiro atoms. The summed E-state index contributed by atoms with van der Waals surface area (Å²) in [6.07, 6.45) is 0. The highest BCUT2D eigenvalue weighted by atomic mass is 16.5. The van der Waals surface area contributed by atoms with Crippen molar-refractivity contribution in [3.05, 3.63) is 23.3 Å². The molecule has 8 nitrogen and oxygen atoms in total. The molecule has 0 bridgehead atoms. The van der Waals surface area contributed by atoms with E-state index in [0.717, 1.165) is 20.9 Å². The number of carbonyl (C=O) groups excluding carboxylic acids is 3. The Bertz CT molecular complexity index is 689. The molecule has 0 aliphatic carbocycles. The van der Waals surface area contributed by atoms with Gasteiger partial charge in [-0.15, -0.1) is 0 Å². The van der Waals surface area contributed by atoms with Crippen LogP contribution >= 0.6 is 0 Å². The molecule has 1 aromatic carbocycles. The number of hydrogen-bond donors (Lipinski definition) is 0. The van der Waals surface area contributed by atoms with Crippen LogP contribution in [0.1, 0.15) is 11.1 Å². The van der Waals surface area contributed by atoms with E-state index in [4.69, 9.17) is 9.47 Å². The fraction of sp³-hybridized carbons (Fsp3) is 0.438. The Labute approximate surface area is 140 Å². The lowest BCUT2D eigenvalue weighted by Gasteiger charge is -2.23. The maximum absolute atomic E-state index is 11.9. The second-order valence-corrected chi connectivity index (χ2v) is 5.67. The summed E-state index contributed by atoms with van der Waals surface area (Å²) >= 11 is 0. The summed E-state index contributed by atoms with van der Waals surface area (Å²) in [5.41, 5.74) is 1.96. The number of rotatable bonds is 6.